The smallest absolute Gasteiger partial charge is 0.163 e. The summed E-state index contributed by atoms with van der Waals surface area (Å²) >= 11 is 0. The van der Waals surface area contributed by atoms with E-state index < -0.39 is 0 Å². The predicted octanol–water partition coefficient (Wildman–Crippen LogP) is 5.87. The van der Waals surface area contributed by atoms with E-state index in [4.69, 9.17) is 4.98 Å². The maximum atomic E-state index is 13.5. The summed E-state index contributed by atoms with van der Waals surface area (Å²) in [6.07, 6.45) is 5.67. The van der Waals surface area contributed by atoms with Crippen molar-refractivity contribution in [1.82, 2.24) is 4.98 Å². The zero-order valence-electron chi connectivity index (χ0n) is 16.3. The quantitative estimate of drug-likeness (QED) is 0.376. The predicted molar refractivity (Wildman–Crippen MR) is 113 cm³/mol. The molecule has 146 valence electrons. The van der Waals surface area contributed by atoms with Gasteiger partial charge >= 0.3 is 0 Å². The molecule has 1 fully saturated rings. The summed E-state index contributed by atoms with van der Waals surface area (Å²) in [4.78, 5) is 28.8. The number of benzene rings is 2. The summed E-state index contributed by atoms with van der Waals surface area (Å²) in [6, 6.07) is 14.3. The molecule has 0 aliphatic heterocycles. The number of aromatic nitrogens is 1. The topological polar surface area (TPSA) is 47.0 Å². The lowest BCUT2D eigenvalue weighted by atomic mass is 9.92. The molecule has 2 aromatic carbocycles. The van der Waals surface area contributed by atoms with Crippen molar-refractivity contribution in [3.8, 4) is 11.1 Å². The molecule has 0 unspecified atom stereocenters. The van der Waals surface area contributed by atoms with Crippen LogP contribution in [0.2, 0.25) is 0 Å². The van der Waals surface area contributed by atoms with Crippen LogP contribution in [0.15, 0.2) is 54.6 Å². The molecule has 4 heteroatoms. The van der Waals surface area contributed by atoms with Gasteiger partial charge in [-0.1, -0.05) is 37.3 Å². The lowest BCUT2D eigenvalue weighted by molar-refractivity contribution is -0.124. The Hall–Kier alpha value is -3.14. The number of para-hydroxylation sites is 1. The van der Waals surface area contributed by atoms with Crippen LogP contribution in [-0.4, -0.2) is 16.6 Å². The Morgan fingerprint density at radius 1 is 1.10 bits per heavy atom. The molecule has 0 bridgehead atoms. The SMILES string of the molecule is CCC(=O)CC(=O)/C=C/c1c(C2CC2)nc2ccccc2c1-c1ccc(F)cc1. The van der Waals surface area contributed by atoms with Crippen LogP contribution >= 0.6 is 0 Å². The van der Waals surface area contributed by atoms with E-state index in [9.17, 15) is 14.0 Å². The molecular weight excluding hydrogens is 365 g/mol. The van der Waals surface area contributed by atoms with Gasteiger partial charge in [-0.3, -0.25) is 14.6 Å². The molecule has 3 nitrogen and oxygen atoms in total. The molecule has 0 spiro atoms. The van der Waals surface area contributed by atoms with Crippen molar-refractivity contribution in [1.29, 1.82) is 0 Å². The highest BCUT2D eigenvalue weighted by atomic mass is 19.1. The number of hydrogen-bond donors (Lipinski definition) is 0. The Balaban J connectivity index is 1.89. The number of pyridine rings is 1. The van der Waals surface area contributed by atoms with Crippen LogP contribution in [0.5, 0.6) is 0 Å². The summed E-state index contributed by atoms with van der Waals surface area (Å²) in [5, 5.41) is 0.959. The molecule has 1 aliphatic carbocycles. The number of allylic oxidation sites excluding steroid dienone is 1. The van der Waals surface area contributed by atoms with E-state index in [2.05, 4.69) is 0 Å². The number of Topliss-reactive ketones (excluding diaryl/α,β-unsaturated/α-hetero) is 1. The highest BCUT2D eigenvalue weighted by Gasteiger charge is 2.29. The van der Waals surface area contributed by atoms with Gasteiger partial charge in [0.1, 0.15) is 11.6 Å². The number of fused-ring (bicyclic) bond motifs is 1. The number of nitrogens with zero attached hydrogens (tertiary/aromatic N) is 1. The largest absolute Gasteiger partial charge is 0.299 e. The summed E-state index contributed by atoms with van der Waals surface area (Å²) < 4.78 is 13.5. The first kappa shape index (κ1) is 19.2. The van der Waals surface area contributed by atoms with E-state index in [0.717, 1.165) is 46.1 Å². The van der Waals surface area contributed by atoms with E-state index >= 15 is 0 Å². The summed E-state index contributed by atoms with van der Waals surface area (Å²) in [6.45, 7) is 1.75. The molecule has 4 rings (SSSR count). The van der Waals surface area contributed by atoms with Crippen LogP contribution in [0.3, 0.4) is 0 Å². The van der Waals surface area contributed by atoms with Gasteiger partial charge in [-0.15, -0.1) is 0 Å². The molecule has 1 heterocycles. The van der Waals surface area contributed by atoms with Gasteiger partial charge in [-0.25, -0.2) is 4.39 Å². The molecule has 1 aliphatic rings. The van der Waals surface area contributed by atoms with Crippen molar-refractivity contribution in [3.63, 3.8) is 0 Å². The summed E-state index contributed by atoms with van der Waals surface area (Å²) in [5.74, 6) is -0.208. The van der Waals surface area contributed by atoms with E-state index in [1.54, 1.807) is 25.1 Å². The van der Waals surface area contributed by atoms with Crippen molar-refractivity contribution < 1.29 is 14.0 Å². The first-order valence-electron chi connectivity index (χ1n) is 9.98. The van der Waals surface area contributed by atoms with Gasteiger partial charge in [-0.05, 0) is 48.8 Å². The van der Waals surface area contributed by atoms with Crippen molar-refractivity contribution >= 4 is 28.5 Å². The first-order valence-corrected chi connectivity index (χ1v) is 9.98. The number of ketones is 2. The monoisotopic (exact) mass is 387 g/mol. The number of rotatable bonds is 7. The third-order valence-electron chi connectivity index (χ3n) is 5.26. The van der Waals surface area contributed by atoms with E-state index in [1.807, 2.05) is 24.3 Å². The van der Waals surface area contributed by atoms with Gasteiger partial charge < -0.3 is 0 Å². The van der Waals surface area contributed by atoms with Gasteiger partial charge in [0.2, 0.25) is 0 Å². The van der Waals surface area contributed by atoms with Gasteiger partial charge in [-0.2, -0.15) is 0 Å². The van der Waals surface area contributed by atoms with Crippen LogP contribution < -0.4 is 0 Å². The van der Waals surface area contributed by atoms with Crippen LogP contribution in [0.4, 0.5) is 4.39 Å². The Morgan fingerprint density at radius 2 is 1.83 bits per heavy atom. The van der Waals surface area contributed by atoms with Crippen LogP contribution in [0, 0.1) is 5.82 Å². The third kappa shape index (κ3) is 4.16. The van der Waals surface area contributed by atoms with Gasteiger partial charge in [0.15, 0.2) is 5.78 Å². The van der Waals surface area contributed by atoms with Crippen molar-refractivity contribution in [2.45, 2.75) is 38.5 Å². The lowest BCUT2D eigenvalue weighted by Gasteiger charge is -2.15. The highest BCUT2D eigenvalue weighted by Crippen LogP contribution is 2.45. The summed E-state index contributed by atoms with van der Waals surface area (Å²) in [7, 11) is 0. The summed E-state index contributed by atoms with van der Waals surface area (Å²) in [5.41, 5.74) is 4.56. The zero-order valence-corrected chi connectivity index (χ0v) is 16.3. The molecule has 0 radical (unpaired) electrons. The van der Waals surface area contributed by atoms with Crippen LogP contribution in [0.25, 0.3) is 28.1 Å². The molecule has 0 atom stereocenters. The number of carbonyl (C=O) groups is 2. The third-order valence-corrected chi connectivity index (χ3v) is 5.26. The molecule has 29 heavy (non-hydrogen) atoms. The van der Waals surface area contributed by atoms with Gasteiger partial charge in [0.05, 0.1) is 17.6 Å². The lowest BCUT2D eigenvalue weighted by Crippen LogP contribution is -2.04. The molecular formula is C25H22FNO2. The minimum absolute atomic E-state index is 0.0718. The Morgan fingerprint density at radius 3 is 2.52 bits per heavy atom. The fourth-order valence-corrected chi connectivity index (χ4v) is 3.56. The van der Waals surface area contributed by atoms with Gasteiger partial charge in [0.25, 0.3) is 0 Å². The first-order chi connectivity index (χ1) is 14.1. The average molecular weight is 387 g/mol. The van der Waals surface area contributed by atoms with Gasteiger partial charge in [0, 0.05) is 28.9 Å². The molecule has 0 amide bonds. The zero-order chi connectivity index (χ0) is 20.4. The van der Waals surface area contributed by atoms with E-state index in [1.165, 1.54) is 18.2 Å². The second-order valence-corrected chi connectivity index (χ2v) is 7.45. The standard InChI is InChI=1S/C25H22FNO2/c1-2-19(28)15-20(29)13-14-22-24(16-9-11-18(26)12-10-16)21-5-3-4-6-23(21)27-25(22)17-7-8-17/h3-6,9-14,17H,2,7-8,15H2,1H3/b14-13+. The van der Waals surface area contributed by atoms with Crippen LogP contribution in [-0.2, 0) is 9.59 Å². The fraction of sp³-hybridized carbons (Fsp3) is 0.240. The maximum Gasteiger partial charge on any atom is 0.163 e. The number of hydrogen-bond acceptors (Lipinski definition) is 3. The minimum atomic E-state index is -0.292. The second-order valence-electron chi connectivity index (χ2n) is 7.45. The Kier molecular flexibility index (Phi) is 5.34. The molecule has 1 saturated carbocycles. The number of halogens is 1. The van der Waals surface area contributed by atoms with Crippen molar-refractivity contribution in [3.05, 3.63) is 71.7 Å². The highest BCUT2D eigenvalue weighted by molar-refractivity contribution is 6.07. The van der Waals surface area contributed by atoms with Crippen molar-refractivity contribution in [2.24, 2.45) is 0 Å². The van der Waals surface area contributed by atoms with Crippen molar-refractivity contribution in [2.75, 3.05) is 0 Å². The van der Waals surface area contributed by atoms with E-state index in [0.29, 0.717) is 12.3 Å². The average Bonchev–Trinajstić information content (AvgIpc) is 3.57. The maximum absolute atomic E-state index is 13.5. The molecule has 0 saturated heterocycles. The minimum Gasteiger partial charge on any atom is -0.299 e. The fourth-order valence-electron chi connectivity index (χ4n) is 3.56. The Bertz CT molecular complexity index is 1110. The Labute approximate surface area is 169 Å². The molecule has 3 aromatic rings. The second kappa shape index (κ2) is 8.08. The van der Waals surface area contributed by atoms with E-state index in [-0.39, 0.29) is 23.8 Å². The molecule has 0 N–H and O–H groups in total. The molecule has 1 aromatic heterocycles. The normalized spacial score (nSPS) is 13.9. The van der Waals surface area contributed by atoms with Crippen LogP contribution in [0.1, 0.15) is 49.8 Å². The number of carbonyl (C=O) groups excluding carboxylic acids is 2.